The van der Waals surface area contributed by atoms with Crippen LogP contribution in [0.3, 0.4) is 0 Å². The Morgan fingerprint density at radius 3 is 2.87 bits per heavy atom. The lowest BCUT2D eigenvalue weighted by Gasteiger charge is -2.26. The van der Waals surface area contributed by atoms with E-state index < -0.39 is 6.10 Å². The van der Waals surface area contributed by atoms with Crippen molar-refractivity contribution >= 4 is 0 Å². The minimum atomic E-state index is -0.476. The second-order valence-corrected chi connectivity index (χ2v) is 3.92. The second-order valence-electron chi connectivity index (χ2n) is 3.92. The standard InChI is InChI=1S/C11H16N2O2/c1-8-12-5-2-10(13-8)11(14)9-3-6-15-7-4-9/h2,5,9,11,14H,3-4,6-7H2,1H3. The van der Waals surface area contributed by atoms with Crippen LogP contribution in [0.4, 0.5) is 0 Å². The quantitative estimate of drug-likeness (QED) is 0.794. The van der Waals surface area contributed by atoms with Crippen molar-refractivity contribution in [2.45, 2.75) is 25.9 Å². The lowest BCUT2D eigenvalue weighted by Crippen LogP contribution is -2.22. The summed E-state index contributed by atoms with van der Waals surface area (Å²) in [6.07, 6.45) is 3.03. The van der Waals surface area contributed by atoms with Crippen LogP contribution in [0.25, 0.3) is 0 Å². The molecule has 82 valence electrons. The molecule has 1 atom stereocenters. The number of rotatable bonds is 2. The van der Waals surface area contributed by atoms with Gasteiger partial charge in [0.15, 0.2) is 0 Å². The second kappa shape index (κ2) is 4.68. The molecule has 1 saturated heterocycles. The lowest BCUT2D eigenvalue weighted by atomic mass is 9.92. The first-order chi connectivity index (χ1) is 7.27. The SMILES string of the molecule is Cc1nccc(C(O)C2CCOCC2)n1. The van der Waals surface area contributed by atoms with Crippen LogP contribution in [-0.4, -0.2) is 28.3 Å². The van der Waals surface area contributed by atoms with Gasteiger partial charge < -0.3 is 9.84 Å². The van der Waals surface area contributed by atoms with Gasteiger partial charge in [-0.3, -0.25) is 0 Å². The van der Waals surface area contributed by atoms with Crippen molar-refractivity contribution in [1.82, 2.24) is 9.97 Å². The summed E-state index contributed by atoms with van der Waals surface area (Å²) in [6.45, 7) is 3.32. The van der Waals surface area contributed by atoms with E-state index in [1.54, 1.807) is 12.3 Å². The molecule has 2 rings (SSSR count). The van der Waals surface area contributed by atoms with Crippen LogP contribution in [0.5, 0.6) is 0 Å². The van der Waals surface area contributed by atoms with Crippen LogP contribution in [0, 0.1) is 12.8 Å². The van der Waals surface area contributed by atoms with Crippen molar-refractivity contribution in [2.24, 2.45) is 5.92 Å². The van der Waals surface area contributed by atoms with Crippen molar-refractivity contribution in [3.05, 3.63) is 23.8 Å². The normalized spacial score (nSPS) is 20.1. The van der Waals surface area contributed by atoms with Gasteiger partial charge in [-0.05, 0) is 31.7 Å². The first-order valence-corrected chi connectivity index (χ1v) is 5.33. The summed E-state index contributed by atoms with van der Waals surface area (Å²) in [7, 11) is 0. The molecule has 15 heavy (non-hydrogen) atoms. The monoisotopic (exact) mass is 208 g/mol. The summed E-state index contributed by atoms with van der Waals surface area (Å²) in [5.74, 6) is 0.978. The average Bonchev–Trinajstić information content (AvgIpc) is 2.29. The van der Waals surface area contributed by atoms with Crippen molar-refractivity contribution in [3.8, 4) is 0 Å². The van der Waals surface area contributed by atoms with Crippen LogP contribution in [0.1, 0.15) is 30.5 Å². The van der Waals surface area contributed by atoms with E-state index >= 15 is 0 Å². The summed E-state index contributed by atoms with van der Waals surface area (Å²) in [5, 5.41) is 10.1. The molecule has 1 aromatic rings. The Bertz CT molecular complexity index is 324. The van der Waals surface area contributed by atoms with E-state index in [9.17, 15) is 5.11 Å². The topological polar surface area (TPSA) is 55.2 Å². The fourth-order valence-electron chi connectivity index (χ4n) is 1.91. The van der Waals surface area contributed by atoms with Gasteiger partial charge in [0.25, 0.3) is 0 Å². The molecule has 1 N–H and O–H groups in total. The molecular formula is C11H16N2O2. The first-order valence-electron chi connectivity index (χ1n) is 5.33. The summed E-state index contributed by atoms with van der Waals surface area (Å²) >= 11 is 0. The molecule has 1 fully saturated rings. The Kier molecular flexibility index (Phi) is 3.28. The third kappa shape index (κ3) is 2.52. The van der Waals surface area contributed by atoms with E-state index in [1.807, 2.05) is 6.92 Å². The van der Waals surface area contributed by atoms with Gasteiger partial charge in [-0.25, -0.2) is 9.97 Å². The highest BCUT2D eigenvalue weighted by molar-refractivity contribution is 5.06. The van der Waals surface area contributed by atoms with E-state index in [0.29, 0.717) is 5.82 Å². The third-order valence-corrected chi connectivity index (χ3v) is 2.81. The molecule has 0 radical (unpaired) electrons. The lowest BCUT2D eigenvalue weighted by molar-refractivity contribution is 0.00547. The number of nitrogens with zero attached hydrogens (tertiary/aromatic N) is 2. The van der Waals surface area contributed by atoms with E-state index in [1.165, 1.54) is 0 Å². The first kappa shape index (κ1) is 10.5. The zero-order valence-electron chi connectivity index (χ0n) is 8.89. The van der Waals surface area contributed by atoms with E-state index in [0.717, 1.165) is 31.7 Å². The fraction of sp³-hybridized carbons (Fsp3) is 0.636. The Balaban J connectivity index is 2.08. The molecule has 1 aromatic heterocycles. The molecular weight excluding hydrogens is 192 g/mol. The Morgan fingerprint density at radius 2 is 2.20 bits per heavy atom. The smallest absolute Gasteiger partial charge is 0.125 e. The van der Waals surface area contributed by atoms with Crippen molar-refractivity contribution in [2.75, 3.05) is 13.2 Å². The highest BCUT2D eigenvalue weighted by Gasteiger charge is 2.24. The number of hydrogen-bond donors (Lipinski definition) is 1. The summed E-state index contributed by atoms with van der Waals surface area (Å²) < 4.78 is 5.27. The maximum atomic E-state index is 10.1. The minimum Gasteiger partial charge on any atom is -0.387 e. The van der Waals surface area contributed by atoms with Crippen LogP contribution in [-0.2, 0) is 4.74 Å². The van der Waals surface area contributed by atoms with E-state index in [-0.39, 0.29) is 5.92 Å². The number of ether oxygens (including phenoxy) is 1. The molecule has 0 aromatic carbocycles. The molecule has 1 aliphatic rings. The van der Waals surface area contributed by atoms with Gasteiger partial charge >= 0.3 is 0 Å². The maximum absolute atomic E-state index is 10.1. The molecule has 1 aliphatic heterocycles. The molecule has 4 nitrogen and oxygen atoms in total. The molecule has 4 heteroatoms. The summed E-state index contributed by atoms with van der Waals surface area (Å²) in [4.78, 5) is 8.27. The maximum Gasteiger partial charge on any atom is 0.125 e. The third-order valence-electron chi connectivity index (χ3n) is 2.81. The Morgan fingerprint density at radius 1 is 1.47 bits per heavy atom. The van der Waals surface area contributed by atoms with Gasteiger partial charge in [0, 0.05) is 19.4 Å². The van der Waals surface area contributed by atoms with E-state index in [2.05, 4.69) is 9.97 Å². The fourth-order valence-corrected chi connectivity index (χ4v) is 1.91. The number of aliphatic hydroxyl groups is 1. The number of aryl methyl sites for hydroxylation is 1. The molecule has 0 spiro atoms. The highest BCUT2D eigenvalue weighted by atomic mass is 16.5. The van der Waals surface area contributed by atoms with Gasteiger partial charge in [0.2, 0.25) is 0 Å². The molecule has 2 heterocycles. The van der Waals surface area contributed by atoms with Gasteiger partial charge in [-0.2, -0.15) is 0 Å². The molecule has 1 unspecified atom stereocenters. The zero-order valence-corrected chi connectivity index (χ0v) is 8.89. The predicted octanol–water partition coefficient (Wildman–Crippen LogP) is 1.25. The summed E-state index contributed by atoms with van der Waals surface area (Å²) in [6, 6.07) is 1.78. The van der Waals surface area contributed by atoms with Crippen molar-refractivity contribution in [1.29, 1.82) is 0 Å². The molecule has 0 aliphatic carbocycles. The van der Waals surface area contributed by atoms with Crippen LogP contribution in [0.2, 0.25) is 0 Å². The molecule has 0 saturated carbocycles. The number of aromatic nitrogens is 2. The Labute approximate surface area is 89.3 Å². The number of aliphatic hydroxyl groups excluding tert-OH is 1. The Hall–Kier alpha value is -1.00. The van der Waals surface area contributed by atoms with Gasteiger partial charge in [-0.1, -0.05) is 0 Å². The zero-order chi connectivity index (χ0) is 10.7. The minimum absolute atomic E-state index is 0.271. The highest BCUT2D eigenvalue weighted by Crippen LogP contribution is 2.28. The predicted molar refractivity (Wildman–Crippen MR) is 55.3 cm³/mol. The molecule has 0 bridgehead atoms. The summed E-state index contributed by atoms with van der Waals surface area (Å²) in [5.41, 5.74) is 0.731. The van der Waals surface area contributed by atoms with Crippen molar-refractivity contribution < 1.29 is 9.84 Å². The van der Waals surface area contributed by atoms with Gasteiger partial charge in [0.05, 0.1) is 11.8 Å². The van der Waals surface area contributed by atoms with E-state index in [4.69, 9.17) is 4.74 Å². The largest absolute Gasteiger partial charge is 0.387 e. The number of hydrogen-bond acceptors (Lipinski definition) is 4. The van der Waals surface area contributed by atoms with Gasteiger partial charge in [-0.15, -0.1) is 0 Å². The van der Waals surface area contributed by atoms with Crippen molar-refractivity contribution in [3.63, 3.8) is 0 Å². The van der Waals surface area contributed by atoms with Crippen LogP contribution in [0.15, 0.2) is 12.3 Å². The molecule has 0 amide bonds. The van der Waals surface area contributed by atoms with Crippen LogP contribution < -0.4 is 0 Å². The van der Waals surface area contributed by atoms with Crippen LogP contribution >= 0.6 is 0 Å². The average molecular weight is 208 g/mol. The van der Waals surface area contributed by atoms with Gasteiger partial charge in [0.1, 0.15) is 5.82 Å².